The summed E-state index contributed by atoms with van der Waals surface area (Å²) in [4.78, 5) is 38.0. The van der Waals surface area contributed by atoms with Crippen LogP contribution in [0, 0.1) is 5.92 Å². The topological polar surface area (TPSA) is 97.4 Å². The standard InChI is InChI=1S/C15H21N3O4/c1-5-9(2)15(21)22-8-12-6-13(16-10(3)19)18-14(7-12)17-11(4)20/h6-7,9H,5,8H2,1-4H3,(H2,16,17,18,19,20). The van der Waals surface area contributed by atoms with Gasteiger partial charge < -0.3 is 15.4 Å². The number of aromatic nitrogens is 1. The molecule has 22 heavy (non-hydrogen) atoms. The average molecular weight is 307 g/mol. The van der Waals surface area contributed by atoms with E-state index in [2.05, 4.69) is 15.6 Å². The number of ether oxygens (including phenoxy) is 1. The third-order valence-electron chi connectivity index (χ3n) is 2.89. The maximum absolute atomic E-state index is 11.7. The smallest absolute Gasteiger partial charge is 0.308 e. The molecule has 1 atom stereocenters. The van der Waals surface area contributed by atoms with E-state index in [1.165, 1.54) is 13.8 Å². The number of esters is 1. The highest BCUT2D eigenvalue weighted by Crippen LogP contribution is 2.16. The molecule has 2 N–H and O–H groups in total. The summed E-state index contributed by atoms with van der Waals surface area (Å²) in [7, 11) is 0. The minimum absolute atomic E-state index is 0.0465. The predicted octanol–water partition coefficient (Wildman–Crippen LogP) is 2.09. The van der Waals surface area contributed by atoms with Crippen LogP contribution in [0.3, 0.4) is 0 Å². The molecular formula is C15H21N3O4. The van der Waals surface area contributed by atoms with Gasteiger partial charge in [-0.05, 0) is 24.1 Å². The number of hydrogen-bond donors (Lipinski definition) is 2. The number of hydrogen-bond acceptors (Lipinski definition) is 5. The fraction of sp³-hybridized carbons (Fsp3) is 0.467. The Kier molecular flexibility index (Phi) is 6.49. The van der Waals surface area contributed by atoms with Crippen LogP contribution in [0.2, 0.25) is 0 Å². The summed E-state index contributed by atoms with van der Waals surface area (Å²) >= 11 is 0. The van der Waals surface area contributed by atoms with Gasteiger partial charge in [0.05, 0.1) is 5.92 Å². The van der Waals surface area contributed by atoms with E-state index in [1.807, 2.05) is 6.92 Å². The second-order valence-corrected chi connectivity index (χ2v) is 5.03. The Morgan fingerprint density at radius 1 is 1.14 bits per heavy atom. The first kappa shape index (κ1) is 17.6. The van der Waals surface area contributed by atoms with Crippen LogP contribution in [-0.2, 0) is 25.7 Å². The molecule has 1 aromatic heterocycles. The molecule has 7 nitrogen and oxygen atoms in total. The fourth-order valence-corrected chi connectivity index (χ4v) is 1.62. The highest BCUT2D eigenvalue weighted by Gasteiger charge is 2.13. The number of pyridine rings is 1. The van der Waals surface area contributed by atoms with Gasteiger partial charge >= 0.3 is 5.97 Å². The highest BCUT2D eigenvalue weighted by atomic mass is 16.5. The lowest BCUT2D eigenvalue weighted by Crippen LogP contribution is -2.15. The quantitative estimate of drug-likeness (QED) is 0.784. The maximum Gasteiger partial charge on any atom is 0.308 e. The van der Waals surface area contributed by atoms with Gasteiger partial charge in [-0.25, -0.2) is 4.98 Å². The zero-order valence-electron chi connectivity index (χ0n) is 13.2. The van der Waals surface area contributed by atoms with Crippen molar-refractivity contribution in [2.75, 3.05) is 10.6 Å². The summed E-state index contributed by atoms with van der Waals surface area (Å²) in [5.74, 6) is -0.459. The van der Waals surface area contributed by atoms with Crippen molar-refractivity contribution in [1.29, 1.82) is 0 Å². The number of nitrogens with one attached hydrogen (secondary N) is 2. The Hall–Kier alpha value is -2.44. The summed E-state index contributed by atoms with van der Waals surface area (Å²) in [6.07, 6.45) is 0.698. The van der Waals surface area contributed by atoms with Crippen molar-refractivity contribution in [3.05, 3.63) is 17.7 Å². The van der Waals surface area contributed by atoms with Gasteiger partial charge in [-0.15, -0.1) is 0 Å². The molecule has 2 amide bonds. The molecular weight excluding hydrogens is 286 g/mol. The molecule has 1 aromatic rings. The second-order valence-electron chi connectivity index (χ2n) is 5.03. The van der Waals surface area contributed by atoms with E-state index in [9.17, 15) is 14.4 Å². The van der Waals surface area contributed by atoms with Crippen molar-refractivity contribution in [2.24, 2.45) is 5.92 Å². The number of rotatable bonds is 6. The Bertz CT molecular complexity index is 538. The van der Waals surface area contributed by atoms with Crippen LogP contribution in [0.4, 0.5) is 11.6 Å². The van der Waals surface area contributed by atoms with E-state index in [4.69, 9.17) is 4.74 Å². The average Bonchev–Trinajstić information content (AvgIpc) is 2.42. The summed E-state index contributed by atoms with van der Waals surface area (Å²) in [6, 6.07) is 3.19. The summed E-state index contributed by atoms with van der Waals surface area (Å²) < 4.78 is 5.21. The van der Waals surface area contributed by atoms with Gasteiger partial charge in [-0.2, -0.15) is 0 Å². The fourth-order valence-electron chi connectivity index (χ4n) is 1.62. The highest BCUT2D eigenvalue weighted by molar-refractivity contribution is 5.90. The molecule has 0 bridgehead atoms. The third kappa shape index (κ3) is 5.90. The molecule has 120 valence electrons. The second kappa shape index (κ2) is 8.11. The minimum atomic E-state index is -0.290. The molecule has 0 saturated heterocycles. The largest absolute Gasteiger partial charge is 0.461 e. The number of carbonyl (C=O) groups is 3. The first-order valence-corrected chi connectivity index (χ1v) is 7.04. The van der Waals surface area contributed by atoms with Gasteiger partial charge in [0.1, 0.15) is 18.2 Å². The summed E-state index contributed by atoms with van der Waals surface area (Å²) in [5, 5.41) is 5.08. The van der Waals surface area contributed by atoms with E-state index in [1.54, 1.807) is 19.1 Å². The molecule has 1 rings (SSSR count). The van der Waals surface area contributed by atoms with E-state index >= 15 is 0 Å². The number of carbonyl (C=O) groups excluding carboxylic acids is 3. The van der Waals surface area contributed by atoms with Crippen molar-refractivity contribution in [3.8, 4) is 0 Å². The molecule has 0 spiro atoms. The van der Waals surface area contributed by atoms with E-state index in [-0.39, 0.29) is 41.9 Å². The lowest BCUT2D eigenvalue weighted by molar-refractivity contribution is -0.149. The van der Waals surface area contributed by atoms with E-state index in [0.717, 1.165) is 0 Å². The van der Waals surface area contributed by atoms with Gasteiger partial charge in [-0.3, -0.25) is 14.4 Å². The lowest BCUT2D eigenvalue weighted by Gasteiger charge is -2.12. The predicted molar refractivity (Wildman–Crippen MR) is 82.1 cm³/mol. The molecule has 7 heteroatoms. The lowest BCUT2D eigenvalue weighted by atomic mass is 10.1. The molecule has 0 aliphatic heterocycles. The Morgan fingerprint density at radius 3 is 2.05 bits per heavy atom. The van der Waals surface area contributed by atoms with Crippen molar-refractivity contribution >= 4 is 29.4 Å². The first-order chi connectivity index (χ1) is 10.3. The summed E-state index contributed by atoms with van der Waals surface area (Å²) in [5.41, 5.74) is 0.624. The number of amides is 2. The third-order valence-corrected chi connectivity index (χ3v) is 2.89. The van der Waals surface area contributed by atoms with Crippen molar-refractivity contribution in [1.82, 2.24) is 4.98 Å². The number of anilines is 2. The van der Waals surface area contributed by atoms with Crippen LogP contribution in [0.1, 0.15) is 39.7 Å². The van der Waals surface area contributed by atoms with Gasteiger partial charge in [0.25, 0.3) is 0 Å². The van der Waals surface area contributed by atoms with Crippen LogP contribution in [-0.4, -0.2) is 22.8 Å². The molecule has 1 unspecified atom stereocenters. The van der Waals surface area contributed by atoms with E-state index in [0.29, 0.717) is 12.0 Å². The molecule has 0 aromatic carbocycles. The van der Waals surface area contributed by atoms with Crippen molar-refractivity contribution < 1.29 is 19.1 Å². The van der Waals surface area contributed by atoms with Crippen molar-refractivity contribution in [2.45, 2.75) is 40.7 Å². The zero-order chi connectivity index (χ0) is 16.7. The monoisotopic (exact) mass is 307 g/mol. The van der Waals surface area contributed by atoms with Crippen LogP contribution < -0.4 is 10.6 Å². The normalized spacial score (nSPS) is 11.5. The van der Waals surface area contributed by atoms with Gasteiger partial charge in [0, 0.05) is 13.8 Å². The maximum atomic E-state index is 11.7. The van der Waals surface area contributed by atoms with Crippen LogP contribution >= 0.6 is 0 Å². The Labute approximate surface area is 129 Å². The Morgan fingerprint density at radius 2 is 1.64 bits per heavy atom. The van der Waals surface area contributed by atoms with E-state index < -0.39 is 0 Å². The molecule has 1 heterocycles. The van der Waals surface area contributed by atoms with Crippen LogP contribution in [0.25, 0.3) is 0 Å². The zero-order valence-corrected chi connectivity index (χ0v) is 13.2. The van der Waals surface area contributed by atoms with Crippen molar-refractivity contribution in [3.63, 3.8) is 0 Å². The molecule has 0 aliphatic carbocycles. The Balaban J connectivity index is 2.89. The molecule has 0 saturated carbocycles. The molecule has 0 radical (unpaired) electrons. The summed E-state index contributed by atoms with van der Waals surface area (Å²) in [6.45, 7) is 6.46. The number of nitrogens with zero attached hydrogens (tertiary/aromatic N) is 1. The van der Waals surface area contributed by atoms with Crippen LogP contribution in [0.5, 0.6) is 0 Å². The van der Waals surface area contributed by atoms with Crippen LogP contribution in [0.15, 0.2) is 12.1 Å². The van der Waals surface area contributed by atoms with Gasteiger partial charge in [0.2, 0.25) is 11.8 Å². The molecule has 0 fully saturated rings. The minimum Gasteiger partial charge on any atom is -0.461 e. The SMILES string of the molecule is CCC(C)C(=O)OCc1cc(NC(C)=O)nc(NC(C)=O)c1. The first-order valence-electron chi connectivity index (χ1n) is 7.04. The van der Waals surface area contributed by atoms with Gasteiger partial charge in [-0.1, -0.05) is 13.8 Å². The van der Waals surface area contributed by atoms with Gasteiger partial charge in [0.15, 0.2) is 0 Å². The molecule has 0 aliphatic rings.